The van der Waals surface area contributed by atoms with Crippen LogP contribution >= 0.6 is 0 Å². The number of rotatable bonds is 5. The molecule has 0 heterocycles. The fraction of sp³-hybridized carbons (Fsp3) is 0.929. The molecule has 0 aromatic carbocycles. The second-order valence-corrected chi connectivity index (χ2v) is 6.13. The van der Waals surface area contributed by atoms with Crippen molar-refractivity contribution in [1.82, 2.24) is 0 Å². The summed E-state index contributed by atoms with van der Waals surface area (Å²) >= 11 is 0. The average Bonchev–Trinajstić information content (AvgIpc) is 2.67. The van der Waals surface area contributed by atoms with E-state index >= 15 is 0 Å². The monoisotopic (exact) mass is 225 g/mol. The number of hydrogen-bond donors (Lipinski definition) is 0. The summed E-state index contributed by atoms with van der Waals surface area (Å²) in [6, 6.07) is 0. The summed E-state index contributed by atoms with van der Waals surface area (Å²) in [6.07, 6.45) is 7.45. The first-order chi connectivity index (χ1) is 7.53. The molecule has 0 aromatic heterocycles. The normalized spacial score (nSPS) is 19.1. The van der Waals surface area contributed by atoms with Gasteiger partial charge in [-0.3, -0.25) is 0 Å². The first-order valence-electron chi connectivity index (χ1n) is 6.71. The number of hydrogen-bond acceptors (Lipinski definition) is 2. The van der Waals surface area contributed by atoms with Gasteiger partial charge >= 0.3 is 0 Å². The summed E-state index contributed by atoms with van der Waals surface area (Å²) in [5, 5.41) is 4.40. The van der Waals surface area contributed by atoms with Crippen molar-refractivity contribution in [2.24, 2.45) is 16.5 Å². The van der Waals surface area contributed by atoms with Gasteiger partial charge in [-0.1, -0.05) is 45.7 Å². The van der Waals surface area contributed by atoms with Gasteiger partial charge in [0.05, 0.1) is 5.71 Å². The molecule has 0 bridgehead atoms. The molecular formula is C14H27NO. The molecule has 0 amide bonds. The fourth-order valence-electron chi connectivity index (χ4n) is 2.27. The van der Waals surface area contributed by atoms with E-state index in [0.29, 0.717) is 11.3 Å². The van der Waals surface area contributed by atoms with E-state index in [9.17, 15) is 0 Å². The molecule has 1 saturated carbocycles. The van der Waals surface area contributed by atoms with Gasteiger partial charge in [0.2, 0.25) is 0 Å². The van der Waals surface area contributed by atoms with E-state index in [0.717, 1.165) is 19.4 Å². The van der Waals surface area contributed by atoms with Gasteiger partial charge in [0, 0.05) is 5.92 Å². The van der Waals surface area contributed by atoms with Crippen molar-refractivity contribution in [3.63, 3.8) is 0 Å². The van der Waals surface area contributed by atoms with E-state index in [1.807, 2.05) is 0 Å². The van der Waals surface area contributed by atoms with Crippen molar-refractivity contribution in [1.29, 1.82) is 0 Å². The van der Waals surface area contributed by atoms with Gasteiger partial charge in [0.1, 0.15) is 6.61 Å². The van der Waals surface area contributed by atoms with Crippen LogP contribution in [0.2, 0.25) is 0 Å². The molecule has 1 aliphatic rings. The summed E-state index contributed by atoms with van der Waals surface area (Å²) in [4.78, 5) is 5.39. The molecule has 2 heteroatoms. The lowest BCUT2D eigenvalue weighted by molar-refractivity contribution is 0.141. The highest BCUT2D eigenvalue weighted by Gasteiger charge is 2.25. The standard InChI is InChI=1S/C14H27NO/c1-5-10-16-15-13(11-14(2,3)4)12-8-6-7-9-12/h12H,5-11H2,1-4H3. The Balaban J connectivity index is 2.56. The molecule has 2 nitrogen and oxygen atoms in total. The van der Waals surface area contributed by atoms with E-state index in [1.165, 1.54) is 31.4 Å². The van der Waals surface area contributed by atoms with Crippen LogP contribution in [0.25, 0.3) is 0 Å². The van der Waals surface area contributed by atoms with Crippen LogP contribution in [0.15, 0.2) is 5.16 Å². The maximum atomic E-state index is 5.39. The predicted octanol–water partition coefficient (Wildman–Crippen LogP) is 4.40. The van der Waals surface area contributed by atoms with E-state index in [4.69, 9.17) is 4.84 Å². The summed E-state index contributed by atoms with van der Waals surface area (Å²) in [5.74, 6) is 0.691. The van der Waals surface area contributed by atoms with Crippen molar-refractivity contribution >= 4 is 5.71 Å². The zero-order valence-corrected chi connectivity index (χ0v) is 11.4. The molecule has 1 aliphatic carbocycles. The predicted molar refractivity (Wildman–Crippen MR) is 69.7 cm³/mol. The highest BCUT2D eigenvalue weighted by Crippen LogP contribution is 2.31. The third kappa shape index (κ3) is 5.00. The van der Waals surface area contributed by atoms with Crippen LogP contribution < -0.4 is 0 Å². The SMILES string of the molecule is CCCON=C(CC(C)(C)C)C1CCCC1. The molecule has 94 valence electrons. The van der Waals surface area contributed by atoms with E-state index in [2.05, 4.69) is 32.9 Å². The largest absolute Gasteiger partial charge is 0.396 e. The summed E-state index contributed by atoms with van der Waals surface area (Å²) < 4.78 is 0. The van der Waals surface area contributed by atoms with Crippen LogP contribution in [-0.2, 0) is 4.84 Å². The quantitative estimate of drug-likeness (QED) is 0.386. The van der Waals surface area contributed by atoms with Crippen molar-refractivity contribution in [3.8, 4) is 0 Å². The Morgan fingerprint density at radius 3 is 2.38 bits per heavy atom. The average molecular weight is 225 g/mol. The van der Waals surface area contributed by atoms with Crippen LogP contribution in [0.5, 0.6) is 0 Å². The topological polar surface area (TPSA) is 21.6 Å². The summed E-state index contributed by atoms with van der Waals surface area (Å²) in [7, 11) is 0. The zero-order valence-electron chi connectivity index (χ0n) is 11.4. The van der Waals surface area contributed by atoms with Crippen molar-refractivity contribution in [3.05, 3.63) is 0 Å². The zero-order chi connectivity index (χ0) is 12.0. The van der Waals surface area contributed by atoms with Gasteiger partial charge in [-0.15, -0.1) is 0 Å². The van der Waals surface area contributed by atoms with E-state index in [-0.39, 0.29) is 0 Å². The van der Waals surface area contributed by atoms with Gasteiger partial charge in [0.25, 0.3) is 0 Å². The maximum absolute atomic E-state index is 5.39. The fourth-order valence-corrected chi connectivity index (χ4v) is 2.27. The van der Waals surface area contributed by atoms with Crippen LogP contribution in [0.3, 0.4) is 0 Å². The molecule has 0 aromatic rings. The minimum absolute atomic E-state index is 0.316. The minimum Gasteiger partial charge on any atom is -0.396 e. The third-order valence-corrected chi connectivity index (χ3v) is 3.02. The molecule has 16 heavy (non-hydrogen) atoms. The number of oxime groups is 1. The van der Waals surface area contributed by atoms with Crippen molar-refractivity contribution in [2.45, 2.75) is 66.2 Å². The van der Waals surface area contributed by atoms with Crippen LogP contribution in [0.4, 0.5) is 0 Å². The summed E-state index contributed by atoms with van der Waals surface area (Å²) in [5.41, 5.74) is 1.62. The van der Waals surface area contributed by atoms with Gasteiger partial charge in [0.15, 0.2) is 0 Å². The van der Waals surface area contributed by atoms with Gasteiger partial charge in [-0.05, 0) is 31.1 Å². The Kier molecular flexibility index (Phi) is 5.30. The smallest absolute Gasteiger partial charge is 0.116 e. The van der Waals surface area contributed by atoms with Gasteiger partial charge < -0.3 is 4.84 Å². The van der Waals surface area contributed by atoms with Crippen LogP contribution in [-0.4, -0.2) is 12.3 Å². The molecule has 0 aliphatic heterocycles. The Morgan fingerprint density at radius 1 is 1.25 bits per heavy atom. The molecule has 1 rings (SSSR count). The first-order valence-corrected chi connectivity index (χ1v) is 6.71. The number of nitrogens with zero attached hydrogens (tertiary/aromatic N) is 1. The maximum Gasteiger partial charge on any atom is 0.116 e. The Labute approximate surface area is 100 Å². The van der Waals surface area contributed by atoms with Crippen LogP contribution in [0.1, 0.15) is 66.2 Å². The molecule has 0 radical (unpaired) electrons. The second kappa shape index (κ2) is 6.27. The lowest BCUT2D eigenvalue weighted by Gasteiger charge is -2.22. The molecule has 0 atom stereocenters. The molecule has 0 unspecified atom stereocenters. The first kappa shape index (κ1) is 13.5. The second-order valence-electron chi connectivity index (χ2n) is 6.13. The Morgan fingerprint density at radius 2 is 1.88 bits per heavy atom. The minimum atomic E-state index is 0.316. The molecule has 0 spiro atoms. The molecular weight excluding hydrogens is 198 g/mol. The van der Waals surface area contributed by atoms with E-state index in [1.54, 1.807) is 0 Å². The lowest BCUT2D eigenvalue weighted by atomic mass is 9.84. The highest BCUT2D eigenvalue weighted by molar-refractivity contribution is 5.87. The molecule has 0 saturated heterocycles. The lowest BCUT2D eigenvalue weighted by Crippen LogP contribution is -2.20. The summed E-state index contributed by atoms with van der Waals surface area (Å²) in [6.45, 7) is 9.70. The van der Waals surface area contributed by atoms with Crippen LogP contribution in [0, 0.1) is 11.3 Å². The van der Waals surface area contributed by atoms with Gasteiger partial charge in [-0.2, -0.15) is 0 Å². The third-order valence-electron chi connectivity index (χ3n) is 3.02. The van der Waals surface area contributed by atoms with Crippen molar-refractivity contribution in [2.75, 3.05) is 6.61 Å². The van der Waals surface area contributed by atoms with Gasteiger partial charge in [-0.25, -0.2) is 0 Å². The highest BCUT2D eigenvalue weighted by atomic mass is 16.6. The Hall–Kier alpha value is -0.530. The van der Waals surface area contributed by atoms with Crippen molar-refractivity contribution < 1.29 is 4.84 Å². The van der Waals surface area contributed by atoms with E-state index < -0.39 is 0 Å². The Bertz CT molecular complexity index is 221. The molecule has 1 fully saturated rings. The molecule has 0 N–H and O–H groups in total.